The lowest BCUT2D eigenvalue weighted by molar-refractivity contribution is 0.180. The van der Waals surface area contributed by atoms with Crippen molar-refractivity contribution >= 4 is 11.5 Å². The molecule has 1 unspecified atom stereocenters. The molecule has 2 aromatic rings. The van der Waals surface area contributed by atoms with Crippen LogP contribution in [-0.2, 0) is 6.42 Å². The Labute approximate surface area is 102 Å². The summed E-state index contributed by atoms with van der Waals surface area (Å²) in [6.45, 7) is 0. The Hall–Kier alpha value is -1.53. The molecule has 0 saturated carbocycles. The van der Waals surface area contributed by atoms with Crippen molar-refractivity contribution in [1.82, 2.24) is 9.59 Å². The Morgan fingerprint density at radius 2 is 2.35 bits per heavy atom. The summed E-state index contributed by atoms with van der Waals surface area (Å²) in [5.41, 5.74) is 0.408. The van der Waals surface area contributed by atoms with E-state index in [0.717, 1.165) is 11.5 Å². The fourth-order valence-corrected chi connectivity index (χ4v) is 1.99. The van der Waals surface area contributed by atoms with Gasteiger partial charge in [0.05, 0.1) is 24.3 Å². The standard InChI is InChI=1S/C11H11FN2O2S/c1-16-9-4-2-3-7(11(9)12)5-8(15)10-6-13-14-17-10/h2-4,6,8,15H,5H2,1H3. The predicted octanol–water partition coefficient (Wildman–Crippen LogP) is 1.96. The maximum Gasteiger partial charge on any atom is 0.168 e. The largest absolute Gasteiger partial charge is 0.494 e. The Morgan fingerprint density at radius 1 is 1.53 bits per heavy atom. The number of hydrogen-bond donors (Lipinski definition) is 1. The van der Waals surface area contributed by atoms with Gasteiger partial charge in [-0.25, -0.2) is 4.39 Å². The second-order valence-corrected chi connectivity index (χ2v) is 4.29. The van der Waals surface area contributed by atoms with Crippen LogP contribution in [0.1, 0.15) is 16.5 Å². The van der Waals surface area contributed by atoms with Gasteiger partial charge in [0.1, 0.15) is 0 Å². The minimum Gasteiger partial charge on any atom is -0.494 e. The average molecular weight is 254 g/mol. The van der Waals surface area contributed by atoms with Gasteiger partial charge in [-0.15, -0.1) is 5.10 Å². The summed E-state index contributed by atoms with van der Waals surface area (Å²) < 4.78 is 22.3. The molecule has 0 aliphatic carbocycles. The smallest absolute Gasteiger partial charge is 0.168 e. The Morgan fingerprint density at radius 3 is 3.00 bits per heavy atom. The summed E-state index contributed by atoms with van der Waals surface area (Å²) in [5, 5.41) is 13.5. The van der Waals surface area contributed by atoms with Gasteiger partial charge in [0.15, 0.2) is 11.6 Å². The van der Waals surface area contributed by atoms with Crippen LogP contribution in [0.3, 0.4) is 0 Å². The summed E-state index contributed by atoms with van der Waals surface area (Å²) in [5.74, 6) is -0.261. The highest BCUT2D eigenvalue weighted by Crippen LogP contribution is 2.25. The van der Waals surface area contributed by atoms with E-state index in [2.05, 4.69) is 9.59 Å². The maximum atomic E-state index is 13.8. The van der Waals surface area contributed by atoms with Gasteiger partial charge in [-0.3, -0.25) is 0 Å². The van der Waals surface area contributed by atoms with Gasteiger partial charge in [-0.1, -0.05) is 16.6 Å². The van der Waals surface area contributed by atoms with Gasteiger partial charge in [0.2, 0.25) is 0 Å². The van der Waals surface area contributed by atoms with E-state index in [1.165, 1.54) is 13.3 Å². The topological polar surface area (TPSA) is 55.2 Å². The molecule has 2 rings (SSSR count). The van der Waals surface area contributed by atoms with Crippen LogP contribution < -0.4 is 4.74 Å². The predicted molar refractivity (Wildman–Crippen MR) is 61.5 cm³/mol. The first-order valence-corrected chi connectivity index (χ1v) is 5.76. The summed E-state index contributed by atoms with van der Waals surface area (Å²) >= 11 is 1.10. The molecule has 90 valence electrons. The molecule has 6 heteroatoms. The molecule has 1 aromatic carbocycles. The Balaban J connectivity index is 2.19. The van der Waals surface area contributed by atoms with Crippen LogP contribution in [0.2, 0.25) is 0 Å². The molecule has 0 saturated heterocycles. The zero-order valence-corrected chi connectivity index (χ0v) is 9.95. The van der Waals surface area contributed by atoms with Gasteiger partial charge in [-0.2, -0.15) is 0 Å². The van der Waals surface area contributed by atoms with Crippen LogP contribution in [0.4, 0.5) is 4.39 Å². The van der Waals surface area contributed by atoms with Gasteiger partial charge < -0.3 is 9.84 Å². The SMILES string of the molecule is COc1cccc(CC(O)c2cnns2)c1F. The van der Waals surface area contributed by atoms with E-state index < -0.39 is 11.9 Å². The lowest BCUT2D eigenvalue weighted by Gasteiger charge is -2.10. The van der Waals surface area contributed by atoms with Crippen molar-refractivity contribution in [2.24, 2.45) is 0 Å². The summed E-state index contributed by atoms with van der Waals surface area (Å²) in [6, 6.07) is 4.85. The molecule has 0 radical (unpaired) electrons. The fourth-order valence-electron chi connectivity index (χ4n) is 1.50. The van der Waals surface area contributed by atoms with Crippen molar-refractivity contribution in [3.8, 4) is 5.75 Å². The number of halogens is 1. The second-order valence-electron chi connectivity index (χ2n) is 3.47. The van der Waals surface area contributed by atoms with Gasteiger partial charge in [0.25, 0.3) is 0 Å². The molecule has 17 heavy (non-hydrogen) atoms. The number of nitrogens with zero attached hydrogens (tertiary/aromatic N) is 2. The van der Waals surface area contributed by atoms with E-state index in [9.17, 15) is 9.50 Å². The molecule has 1 heterocycles. The van der Waals surface area contributed by atoms with E-state index in [-0.39, 0.29) is 12.2 Å². The molecule has 0 aliphatic rings. The number of ether oxygens (including phenoxy) is 1. The van der Waals surface area contributed by atoms with E-state index >= 15 is 0 Å². The average Bonchev–Trinajstić information content (AvgIpc) is 2.85. The first-order valence-electron chi connectivity index (χ1n) is 4.99. The summed E-state index contributed by atoms with van der Waals surface area (Å²) in [4.78, 5) is 0.618. The van der Waals surface area contributed by atoms with Crippen molar-refractivity contribution in [3.63, 3.8) is 0 Å². The first kappa shape index (κ1) is 11.9. The molecule has 4 nitrogen and oxygen atoms in total. The molecular formula is C11H11FN2O2S. The summed E-state index contributed by atoms with van der Waals surface area (Å²) in [6.07, 6.45) is 0.858. The van der Waals surface area contributed by atoms with Crippen molar-refractivity contribution in [2.75, 3.05) is 7.11 Å². The monoisotopic (exact) mass is 254 g/mol. The number of aliphatic hydroxyl groups is 1. The molecule has 0 bridgehead atoms. The van der Waals surface area contributed by atoms with Crippen LogP contribution in [-0.4, -0.2) is 21.8 Å². The number of aromatic nitrogens is 2. The normalized spacial score (nSPS) is 12.4. The third kappa shape index (κ3) is 2.59. The van der Waals surface area contributed by atoms with E-state index in [4.69, 9.17) is 4.74 Å². The maximum absolute atomic E-state index is 13.8. The molecule has 0 amide bonds. The Kier molecular flexibility index (Phi) is 3.65. The van der Waals surface area contributed by atoms with Gasteiger partial charge in [0, 0.05) is 6.42 Å². The number of benzene rings is 1. The Bertz CT molecular complexity index is 490. The van der Waals surface area contributed by atoms with Crippen LogP contribution >= 0.6 is 11.5 Å². The van der Waals surface area contributed by atoms with E-state index in [1.807, 2.05) is 0 Å². The lowest BCUT2D eigenvalue weighted by atomic mass is 10.1. The van der Waals surface area contributed by atoms with E-state index in [0.29, 0.717) is 10.4 Å². The molecule has 0 spiro atoms. The van der Waals surface area contributed by atoms with Crippen LogP contribution in [0.15, 0.2) is 24.4 Å². The third-order valence-corrected chi connectivity index (χ3v) is 3.15. The molecule has 0 aliphatic heterocycles. The van der Waals surface area contributed by atoms with Crippen LogP contribution in [0.25, 0.3) is 0 Å². The van der Waals surface area contributed by atoms with Crippen molar-refractivity contribution in [3.05, 3.63) is 40.7 Å². The minimum atomic E-state index is -0.795. The van der Waals surface area contributed by atoms with Crippen molar-refractivity contribution < 1.29 is 14.2 Å². The molecule has 0 fully saturated rings. The quantitative estimate of drug-likeness (QED) is 0.906. The first-order chi connectivity index (χ1) is 8.22. The highest BCUT2D eigenvalue weighted by Gasteiger charge is 2.15. The zero-order valence-electron chi connectivity index (χ0n) is 9.13. The zero-order chi connectivity index (χ0) is 12.3. The van der Waals surface area contributed by atoms with Crippen molar-refractivity contribution in [2.45, 2.75) is 12.5 Å². The summed E-state index contributed by atoms with van der Waals surface area (Å²) in [7, 11) is 1.41. The molecular weight excluding hydrogens is 243 g/mol. The number of aliphatic hydroxyl groups excluding tert-OH is 1. The molecule has 1 aromatic heterocycles. The third-order valence-electron chi connectivity index (χ3n) is 2.38. The van der Waals surface area contributed by atoms with Crippen LogP contribution in [0, 0.1) is 5.82 Å². The lowest BCUT2D eigenvalue weighted by Crippen LogP contribution is -2.03. The van der Waals surface area contributed by atoms with Gasteiger partial charge in [-0.05, 0) is 23.2 Å². The fraction of sp³-hybridized carbons (Fsp3) is 0.273. The second kappa shape index (κ2) is 5.20. The van der Waals surface area contributed by atoms with Crippen molar-refractivity contribution in [1.29, 1.82) is 0 Å². The number of methoxy groups -OCH3 is 1. The molecule has 1 atom stereocenters. The highest BCUT2D eigenvalue weighted by molar-refractivity contribution is 7.05. The number of hydrogen-bond acceptors (Lipinski definition) is 5. The highest BCUT2D eigenvalue weighted by atomic mass is 32.1. The van der Waals surface area contributed by atoms with E-state index in [1.54, 1.807) is 18.2 Å². The number of rotatable bonds is 4. The molecule has 1 N–H and O–H groups in total. The minimum absolute atomic E-state index is 0.174. The van der Waals surface area contributed by atoms with Crippen LogP contribution in [0.5, 0.6) is 5.75 Å². The van der Waals surface area contributed by atoms with Gasteiger partial charge >= 0.3 is 0 Å².